The normalized spacial score (nSPS) is 15.4. The summed E-state index contributed by atoms with van der Waals surface area (Å²) in [4.78, 5) is 16.9. The van der Waals surface area contributed by atoms with Gasteiger partial charge in [0, 0.05) is 24.7 Å². The average molecular weight is 544 g/mol. The van der Waals surface area contributed by atoms with Crippen LogP contribution in [0.5, 0.6) is 5.88 Å². The lowest BCUT2D eigenvalue weighted by atomic mass is 10.0. The highest BCUT2D eigenvalue weighted by Gasteiger charge is 2.31. The molecule has 4 aromatic heterocycles. The van der Waals surface area contributed by atoms with Gasteiger partial charge < -0.3 is 19.3 Å². The lowest BCUT2D eigenvalue weighted by Crippen LogP contribution is -2.38. The van der Waals surface area contributed by atoms with Gasteiger partial charge in [-0.05, 0) is 32.8 Å². The highest BCUT2D eigenvalue weighted by Crippen LogP contribution is 2.33. The molecule has 39 heavy (non-hydrogen) atoms. The van der Waals surface area contributed by atoms with E-state index in [9.17, 15) is 28.3 Å². The van der Waals surface area contributed by atoms with Gasteiger partial charge >= 0.3 is 12.3 Å². The molecule has 1 saturated heterocycles. The van der Waals surface area contributed by atoms with Crippen LogP contribution in [-0.2, 0) is 6.54 Å². The third-order valence-electron chi connectivity index (χ3n) is 6.63. The van der Waals surface area contributed by atoms with Crippen LogP contribution in [0.15, 0.2) is 24.7 Å². The Morgan fingerprint density at radius 3 is 2.69 bits per heavy atom. The molecule has 0 radical (unpaired) electrons. The first kappa shape index (κ1) is 25.9. The minimum atomic E-state index is -4.48. The Hall–Kier alpha value is -4.68. The molecular weight excluding hydrogens is 521 g/mol. The number of alkyl halides is 3. The van der Waals surface area contributed by atoms with Crippen LogP contribution in [0, 0.1) is 18.3 Å². The summed E-state index contributed by atoms with van der Waals surface area (Å²) in [7, 11) is 0. The fourth-order valence-electron chi connectivity index (χ4n) is 4.76. The molecule has 204 valence electrons. The molecule has 1 atom stereocenters. The molecule has 16 heteroatoms. The molecule has 0 aromatic carbocycles. The minimum absolute atomic E-state index is 0.0297. The van der Waals surface area contributed by atoms with Crippen molar-refractivity contribution in [2.24, 2.45) is 0 Å². The van der Waals surface area contributed by atoms with Gasteiger partial charge in [0.1, 0.15) is 36.0 Å². The zero-order valence-electron chi connectivity index (χ0n) is 20.9. The highest BCUT2D eigenvalue weighted by atomic mass is 19.4. The van der Waals surface area contributed by atoms with E-state index in [1.54, 1.807) is 16.8 Å². The van der Waals surface area contributed by atoms with Gasteiger partial charge in [-0.2, -0.15) is 18.4 Å². The van der Waals surface area contributed by atoms with Crippen LogP contribution in [0.1, 0.15) is 49.1 Å². The zero-order valence-corrected chi connectivity index (χ0v) is 20.9. The monoisotopic (exact) mass is 544 g/mol. The van der Waals surface area contributed by atoms with Gasteiger partial charge in [-0.1, -0.05) is 5.21 Å². The average Bonchev–Trinajstić information content (AvgIpc) is 3.61. The third kappa shape index (κ3) is 5.07. The summed E-state index contributed by atoms with van der Waals surface area (Å²) in [5.41, 5.74) is 2.37. The molecule has 13 nitrogen and oxygen atoms in total. The van der Waals surface area contributed by atoms with Gasteiger partial charge in [-0.3, -0.25) is 4.40 Å². The maximum absolute atomic E-state index is 13.0. The largest absolute Gasteiger partial charge is 0.467 e. The first-order valence-corrected chi connectivity index (χ1v) is 12.0. The topological polar surface area (TPSA) is 152 Å². The number of ether oxygens (including phenoxy) is 1. The van der Waals surface area contributed by atoms with Crippen molar-refractivity contribution < 1.29 is 27.8 Å². The van der Waals surface area contributed by atoms with E-state index in [0.717, 1.165) is 16.6 Å². The molecular formula is C23H23F3N10O3. The van der Waals surface area contributed by atoms with Crippen molar-refractivity contribution in [1.29, 1.82) is 5.26 Å². The van der Waals surface area contributed by atoms with Gasteiger partial charge in [0.25, 0.3) is 0 Å². The number of amides is 1. The number of rotatable bonds is 6. The van der Waals surface area contributed by atoms with E-state index >= 15 is 0 Å². The number of nitriles is 1. The smallest absolute Gasteiger partial charge is 0.407 e. The van der Waals surface area contributed by atoms with E-state index in [4.69, 9.17) is 4.74 Å². The van der Waals surface area contributed by atoms with Gasteiger partial charge in [0.05, 0.1) is 17.9 Å². The van der Waals surface area contributed by atoms with Crippen LogP contribution < -0.4 is 4.74 Å². The molecule has 5 rings (SSSR count). The minimum Gasteiger partial charge on any atom is -0.467 e. The standard InChI is InChI=1S/C23H23F3N10O3/c1-13-20(30-32-36(13)16-3-5-33(6-4-16)22(37)38)15-7-18-28-10-17(9-27)35(18)19(8-15)39-14(2)21-31-29-12-34(21)11-23(24,25)26/h7-8,10,12,14,16H,3-6,11H2,1-2H3,(H,37,38). The highest BCUT2D eigenvalue weighted by molar-refractivity contribution is 5.68. The SMILES string of the molecule is Cc1c(-c2cc(OC(C)c3nncn3CC(F)(F)F)n3c(C#N)cnc3c2)nnn1C1CCN(C(=O)O)CC1. The van der Waals surface area contributed by atoms with E-state index in [2.05, 4.69) is 25.5 Å². The molecule has 1 aliphatic rings. The van der Waals surface area contributed by atoms with E-state index in [0.29, 0.717) is 42.8 Å². The fourth-order valence-corrected chi connectivity index (χ4v) is 4.76. The molecule has 1 fully saturated rings. The number of carboxylic acid groups (broad SMARTS) is 1. The maximum atomic E-state index is 13.0. The van der Waals surface area contributed by atoms with Crippen LogP contribution in [0.4, 0.5) is 18.0 Å². The second-order valence-electron chi connectivity index (χ2n) is 9.19. The first-order valence-electron chi connectivity index (χ1n) is 12.0. The van der Waals surface area contributed by atoms with E-state index < -0.39 is 24.9 Å². The molecule has 4 aromatic rings. The second-order valence-corrected chi connectivity index (χ2v) is 9.19. The van der Waals surface area contributed by atoms with Crippen molar-refractivity contribution in [3.63, 3.8) is 0 Å². The number of aromatic nitrogens is 8. The summed E-state index contributed by atoms with van der Waals surface area (Å²) in [5.74, 6) is 0.105. The number of likely N-dealkylation sites (tertiary alicyclic amines) is 1. The van der Waals surface area contributed by atoms with Crippen molar-refractivity contribution in [2.45, 2.75) is 51.6 Å². The molecule has 5 heterocycles. The Balaban J connectivity index is 1.48. The fraction of sp³-hybridized carbons (Fsp3) is 0.435. The quantitative estimate of drug-likeness (QED) is 0.385. The van der Waals surface area contributed by atoms with Crippen LogP contribution in [0.3, 0.4) is 0 Å². The van der Waals surface area contributed by atoms with Crippen molar-refractivity contribution in [3.8, 4) is 23.2 Å². The van der Waals surface area contributed by atoms with Gasteiger partial charge in [0.2, 0.25) is 5.88 Å². The predicted octanol–water partition coefficient (Wildman–Crippen LogP) is 3.38. The molecule has 1 unspecified atom stereocenters. The van der Waals surface area contributed by atoms with Crippen LogP contribution in [0.25, 0.3) is 16.9 Å². The Labute approximate surface area is 219 Å². The van der Waals surface area contributed by atoms with Crippen molar-refractivity contribution in [1.82, 2.24) is 44.0 Å². The Morgan fingerprint density at radius 1 is 1.28 bits per heavy atom. The maximum Gasteiger partial charge on any atom is 0.407 e. The summed E-state index contributed by atoms with van der Waals surface area (Å²) in [6.45, 7) is 2.88. The summed E-state index contributed by atoms with van der Waals surface area (Å²) in [6, 6.07) is 5.32. The number of halogens is 3. The number of piperidine rings is 1. The van der Waals surface area contributed by atoms with Crippen molar-refractivity contribution in [3.05, 3.63) is 41.9 Å². The lowest BCUT2D eigenvalue weighted by Gasteiger charge is -2.30. The lowest BCUT2D eigenvalue weighted by molar-refractivity contribution is -0.141. The van der Waals surface area contributed by atoms with Crippen LogP contribution in [-0.4, -0.2) is 74.5 Å². The van der Waals surface area contributed by atoms with Gasteiger partial charge in [0.15, 0.2) is 11.9 Å². The molecule has 0 bridgehead atoms. The predicted molar refractivity (Wildman–Crippen MR) is 127 cm³/mol. The number of hydrogen-bond donors (Lipinski definition) is 1. The van der Waals surface area contributed by atoms with Crippen LogP contribution >= 0.6 is 0 Å². The summed E-state index contributed by atoms with van der Waals surface area (Å²) >= 11 is 0. The molecule has 0 saturated carbocycles. The molecule has 1 aliphatic heterocycles. The Morgan fingerprint density at radius 2 is 2.03 bits per heavy atom. The Kier molecular flexibility index (Phi) is 6.58. The zero-order chi connectivity index (χ0) is 27.9. The number of nitrogens with zero attached hydrogens (tertiary/aromatic N) is 10. The van der Waals surface area contributed by atoms with E-state index in [1.165, 1.54) is 22.4 Å². The number of hydrogen-bond acceptors (Lipinski definition) is 8. The second kappa shape index (κ2) is 9.89. The number of fused-ring (bicyclic) bond motifs is 1. The summed E-state index contributed by atoms with van der Waals surface area (Å²) in [5, 5.41) is 34.9. The van der Waals surface area contributed by atoms with Gasteiger partial charge in [-0.15, -0.1) is 15.3 Å². The summed E-state index contributed by atoms with van der Waals surface area (Å²) < 4.78 is 49.2. The number of pyridine rings is 1. The third-order valence-corrected chi connectivity index (χ3v) is 6.63. The van der Waals surface area contributed by atoms with Crippen molar-refractivity contribution in [2.75, 3.05) is 13.1 Å². The van der Waals surface area contributed by atoms with Crippen molar-refractivity contribution >= 4 is 11.7 Å². The van der Waals surface area contributed by atoms with E-state index in [1.807, 2.05) is 13.0 Å². The van der Waals surface area contributed by atoms with Gasteiger partial charge in [-0.25, -0.2) is 14.5 Å². The molecule has 1 amide bonds. The number of imidazole rings is 1. The molecule has 0 spiro atoms. The number of carbonyl (C=O) groups is 1. The first-order chi connectivity index (χ1) is 18.6. The molecule has 1 N–H and O–H groups in total. The van der Waals surface area contributed by atoms with Crippen LogP contribution in [0.2, 0.25) is 0 Å². The Bertz CT molecular complexity index is 1560. The summed E-state index contributed by atoms with van der Waals surface area (Å²) in [6.07, 6.45) is -2.87. The molecule has 0 aliphatic carbocycles. The van der Waals surface area contributed by atoms with E-state index in [-0.39, 0.29) is 23.4 Å².